The quantitative estimate of drug-likeness (QED) is 0.0387. The van der Waals surface area contributed by atoms with Crippen molar-refractivity contribution in [3.63, 3.8) is 0 Å². The van der Waals surface area contributed by atoms with E-state index in [4.69, 9.17) is 20.0 Å². The highest BCUT2D eigenvalue weighted by Crippen LogP contribution is 2.40. The third-order valence-electron chi connectivity index (χ3n) is 6.68. The summed E-state index contributed by atoms with van der Waals surface area (Å²) in [5.41, 5.74) is 5.23. The number of nitrogens with zero attached hydrogens (tertiary/aromatic N) is 7. The Morgan fingerprint density at radius 2 is 2.04 bits per heavy atom. The lowest BCUT2D eigenvalue weighted by atomic mass is 10.0. The van der Waals surface area contributed by atoms with Crippen LogP contribution in [-0.4, -0.2) is 108 Å². The van der Waals surface area contributed by atoms with Gasteiger partial charge in [0.15, 0.2) is 11.3 Å². The van der Waals surface area contributed by atoms with E-state index in [9.17, 15) is 29.1 Å². The molecule has 6 N–H and O–H groups in total. The van der Waals surface area contributed by atoms with Crippen molar-refractivity contribution in [1.82, 2.24) is 34.5 Å². The summed E-state index contributed by atoms with van der Waals surface area (Å²) in [4.78, 5) is 73.7. The number of aliphatic carboxylic acids is 1. The Kier molecular flexibility index (Phi) is 10.3. The third kappa shape index (κ3) is 7.87. The van der Waals surface area contributed by atoms with Gasteiger partial charge in [-0.25, -0.2) is 14.2 Å². The molecule has 0 aliphatic carbocycles. The molecule has 0 radical (unpaired) electrons. The van der Waals surface area contributed by atoms with Crippen LogP contribution in [0.5, 0.6) is 0 Å². The van der Waals surface area contributed by atoms with Gasteiger partial charge in [0.05, 0.1) is 6.20 Å². The number of thioether (sulfide) groups is 1. The Morgan fingerprint density at radius 3 is 2.71 bits per heavy atom. The lowest BCUT2D eigenvalue weighted by molar-refractivity contribution is -0.662. The number of rotatable bonds is 12. The van der Waals surface area contributed by atoms with Crippen molar-refractivity contribution < 1.29 is 48.0 Å². The summed E-state index contributed by atoms with van der Waals surface area (Å²) in [7, 11) is 1.36. The lowest BCUT2D eigenvalue weighted by Gasteiger charge is -2.49. The number of anilines is 2. The number of nitrogens with one attached hydrogen (secondary N) is 3. The van der Waals surface area contributed by atoms with Crippen LogP contribution >= 0.6 is 23.3 Å². The van der Waals surface area contributed by atoms with Crippen molar-refractivity contribution in [1.29, 1.82) is 0 Å². The summed E-state index contributed by atoms with van der Waals surface area (Å²) >= 11 is 2.09. The number of amides is 4. The summed E-state index contributed by atoms with van der Waals surface area (Å²) in [5, 5.41) is 25.2. The minimum atomic E-state index is -1.33. The number of hydrogen-bond acceptors (Lipinski definition) is 15. The Labute approximate surface area is 285 Å². The van der Waals surface area contributed by atoms with Crippen molar-refractivity contribution in [2.24, 2.45) is 5.16 Å². The molecular weight excluding hydrogens is 686 g/mol. The molecule has 3 aromatic heterocycles. The van der Waals surface area contributed by atoms with Gasteiger partial charge in [-0.2, -0.15) is 9.36 Å². The number of oxime groups is 1. The highest BCUT2D eigenvalue weighted by Gasteiger charge is 2.54. The highest BCUT2D eigenvalue weighted by atomic mass is 32.2. The summed E-state index contributed by atoms with van der Waals surface area (Å²) in [5.74, 6) is -3.06. The fraction of sp³-hybridized carbons (Fsp3) is 0.407. The molecule has 1 fully saturated rings. The molecule has 5 heterocycles. The van der Waals surface area contributed by atoms with E-state index in [2.05, 4.69) is 35.6 Å². The Hall–Kier alpha value is -5.35. The number of ether oxygens (including phenoxy) is 2. The molecule has 0 spiro atoms. The predicted molar refractivity (Wildman–Crippen MR) is 172 cm³/mol. The molecule has 2 aliphatic rings. The van der Waals surface area contributed by atoms with Crippen LogP contribution in [0.1, 0.15) is 26.6 Å². The van der Waals surface area contributed by atoms with Crippen LogP contribution in [0.3, 0.4) is 0 Å². The SMILES string of the molecule is COCO/N=C(\C(=O)N[C@@H]1C(=O)N2C(C(=O)O)=C(C[n+]3cc(NC(=O)CNC(=O)OC(C)(C)C)n4ncccc43)CS[C@H]12)c1nsc(N)n1. The van der Waals surface area contributed by atoms with Gasteiger partial charge >= 0.3 is 17.7 Å². The molecule has 1 saturated heterocycles. The average Bonchev–Trinajstić information content (AvgIpc) is 3.62. The van der Waals surface area contributed by atoms with Gasteiger partial charge in [0, 0.05) is 36.0 Å². The zero-order valence-corrected chi connectivity index (χ0v) is 28.2. The van der Waals surface area contributed by atoms with Crippen LogP contribution < -0.4 is 26.3 Å². The first kappa shape index (κ1) is 35.0. The molecular formula is C27H32N11O9S2+. The second-order valence-corrected chi connectivity index (χ2v) is 13.3. The fourth-order valence-electron chi connectivity index (χ4n) is 4.78. The Bertz CT molecular complexity index is 1870. The fourth-order valence-corrected chi connectivity index (χ4v) is 6.55. The van der Waals surface area contributed by atoms with Gasteiger partial charge in [0.25, 0.3) is 17.6 Å². The number of β-lactam (4-membered cyclic amide) rings is 1. The predicted octanol–water partition coefficient (Wildman–Crippen LogP) is -0.718. The zero-order chi connectivity index (χ0) is 35.5. The first-order valence-electron chi connectivity index (χ1n) is 14.4. The molecule has 0 aromatic carbocycles. The molecule has 0 unspecified atom stereocenters. The number of aromatic nitrogens is 5. The maximum absolute atomic E-state index is 13.3. The van der Waals surface area contributed by atoms with Crippen molar-refractivity contribution in [3.05, 3.63) is 41.6 Å². The highest BCUT2D eigenvalue weighted by molar-refractivity contribution is 8.00. The second kappa shape index (κ2) is 14.4. The molecule has 3 aromatic rings. The van der Waals surface area contributed by atoms with E-state index in [0.717, 1.165) is 16.4 Å². The van der Waals surface area contributed by atoms with Crippen LogP contribution in [0.15, 0.2) is 41.0 Å². The minimum absolute atomic E-state index is 0.0218. The number of fused-ring (bicyclic) bond motifs is 2. The first-order chi connectivity index (χ1) is 23.3. The van der Waals surface area contributed by atoms with E-state index in [1.54, 1.807) is 43.7 Å². The number of carbonyl (C=O) groups excluding carboxylic acids is 4. The molecule has 0 bridgehead atoms. The van der Waals surface area contributed by atoms with E-state index in [1.165, 1.54) is 29.6 Å². The van der Waals surface area contributed by atoms with Crippen LogP contribution in [0.25, 0.3) is 5.65 Å². The number of nitrogen functional groups attached to an aromatic ring is 1. The molecule has 49 heavy (non-hydrogen) atoms. The zero-order valence-electron chi connectivity index (χ0n) is 26.5. The number of carboxylic acid groups (broad SMARTS) is 1. The van der Waals surface area contributed by atoms with E-state index >= 15 is 0 Å². The summed E-state index contributed by atoms with van der Waals surface area (Å²) in [6, 6.07) is 2.29. The van der Waals surface area contributed by atoms with Crippen LogP contribution in [0, 0.1) is 0 Å². The van der Waals surface area contributed by atoms with Crippen LogP contribution in [-0.2, 0) is 40.0 Å². The largest absolute Gasteiger partial charge is 0.477 e. The molecule has 2 aliphatic heterocycles. The van der Waals surface area contributed by atoms with E-state index in [-0.39, 0.29) is 53.8 Å². The van der Waals surface area contributed by atoms with Gasteiger partial charge < -0.3 is 35.8 Å². The number of nitrogens with two attached hydrogens (primary N) is 1. The van der Waals surface area contributed by atoms with Crippen molar-refractivity contribution in [2.75, 3.05) is 37.3 Å². The third-order valence-corrected chi connectivity index (χ3v) is 8.57. The lowest BCUT2D eigenvalue weighted by Crippen LogP contribution is -2.71. The number of hydrogen-bond donors (Lipinski definition) is 5. The maximum Gasteiger partial charge on any atom is 0.408 e. The van der Waals surface area contributed by atoms with Gasteiger partial charge in [-0.15, -0.1) is 11.8 Å². The van der Waals surface area contributed by atoms with Gasteiger partial charge in [-0.05, 0) is 26.8 Å². The second-order valence-electron chi connectivity index (χ2n) is 11.4. The number of carbonyl (C=O) groups is 5. The van der Waals surface area contributed by atoms with E-state index < -0.39 is 46.8 Å². The first-order valence-corrected chi connectivity index (χ1v) is 16.2. The number of imidazole rings is 1. The summed E-state index contributed by atoms with van der Waals surface area (Å²) in [6.07, 6.45) is 2.30. The molecule has 0 saturated carbocycles. The smallest absolute Gasteiger partial charge is 0.408 e. The molecule has 5 rings (SSSR count). The molecule has 2 atom stereocenters. The average molecular weight is 719 g/mol. The van der Waals surface area contributed by atoms with E-state index in [1.807, 2.05) is 0 Å². The molecule has 4 amide bonds. The van der Waals surface area contributed by atoms with Crippen LogP contribution in [0.2, 0.25) is 0 Å². The van der Waals surface area contributed by atoms with Crippen molar-refractivity contribution >= 4 is 75.4 Å². The van der Waals surface area contributed by atoms with Gasteiger partial charge in [0.1, 0.15) is 35.8 Å². The van der Waals surface area contributed by atoms with Crippen molar-refractivity contribution in [2.45, 2.75) is 44.3 Å². The Balaban J connectivity index is 1.32. The minimum Gasteiger partial charge on any atom is -0.477 e. The van der Waals surface area contributed by atoms with Gasteiger partial charge in [-0.3, -0.25) is 24.6 Å². The van der Waals surface area contributed by atoms with Gasteiger partial charge in [-0.1, -0.05) is 14.8 Å². The van der Waals surface area contributed by atoms with Gasteiger partial charge in [0.2, 0.25) is 24.2 Å². The summed E-state index contributed by atoms with van der Waals surface area (Å²) < 4.78 is 17.0. The summed E-state index contributed by atoms with van der Waals surface area (Å²) in [6.45, 7) is 4.46. The van der Waals surface area contributed by atoms with Crippen LogP contribution in [0.4, 0.5) is 15.7 Å². The Morgan fingerprint density at radius 1 is 1.27 bits per heavy atom. The molecule has 22 heteroatoms. The number of alkyl carbamates (subject to hydrolysis) is 1. The number of methoxy groups -OCH3 is 1. The molecule has 260 valence electrons. The number of carboxylic acids is 1. The topological polar surface area (TPSA) is 258 Å². The monoisotopic (exact) mass is 718 g/mol. The maximum atomic E-state index is 13.3. The van der Waals surface area contributed by atoms with Crippen molar-refractivity contribution in [3.8, 4) is 0 Å². The normalized spacial score (nSPS) is 17.7. The molecule has 20 nitrogen and oxygen atoms in total. The standard InChI is InChI=1S/C27H31N11O9S2/c1-27(2,3)47-26(44)29-8-15(39)31-14-10-36(16-6-5-7-30-38(14)16)9-13-11-48-23-18(22(41)37(23)19(13)24(42)43)32-21(40)17(34-46-12-45-4)20-33-25(28)49-35-20/h5-7,10,18,23H,8-9,11-12H2,1-4H3,(H5-,28,29,30,31,32,33,35,39,40,42,43,44)/p+1/b34-17-/t18-,23-/m1/s1. The van der Waals surface area contributed by atoms with E-state index in [0.29, 0.717) is 11.2 Å².